The first-order valence-electron chi connectivity index (χ1n) is 12.7. The fraction of sp³-hybridized carbons (Fsp3) is 0.556. The quantitative estimate of drug-likeness (QED) is 0.376. The third-order valence-electron chi connectivity index (χ3n) is 7.29. The van der Waals surface area contributed by atoms with Crippen molar-refractivity contribution in [2.45, 2.75) is 69.2 Å². The average Bonchev–Trinajstić information content (AvgIpc) is 3.59. The molecular weight excluding hydrogens is 508 g/mol. The molecule has 0 bridgehead atoms. The predicted octanol–water partition coefficient (Wildman–Crippen LogP) is 5.15. The third kappa shape index (κ3) is 5.66. The molecule has 1 aliphatic carbocycles. The van der Waals surface area contributed by atoms with Gasteiger partial charge in [0.1, 0.15) is 17.5 Å². The zero-order chi connectivity index (χ0) is 26.5. The molecule has 2 N–H and O–H groups in total. The van der Waals surface area contributed by atoms with Crippen LogP contribution < -0.4 is 10.5 Å². The number of ether oxygens (including phenoxy) is 1. The van der Waals surface area contributed by atoms with Gasteiger partial charge in [0, 0.05) is 23.6 Å². The topological polar surface area (TPSA) is 114 Å². The lowest BCUT2D eigenvalue weighted by molar-refractivity contribution is 0.193. The van der Waals surface area contributed by atoms with Crippen LogP contribution in [0.5, 0.6) is 5.88 Å². The van der Waals surface area contributed by atoms with Crippen molar-refractivity contribution in [1.29, 1.82) is 5.26 Å². The summed E-state index contributed by atoms with van der Waals surface area (Å²) in [5.74, 6) is 1.35. The van der Waals surface area contributed by atoms with Crippen LogP contribution in [0.1, 0.15) is 62.7 Å². The molecule has 8 nitrogen and oxygen atoms in total. The molecule has 37 heavy (non-hydrogen) atoms. The van der Waals surface area contributed by atoms with Gasteiger partial charge in [-0.15, -0.1) is 24.6 Å². The lowest BCUT2D eigenvalue weighted by atomic mass is 9.78. The summed E-state index contributed by atoms with van der Waals surface area (Å²) in [6, 6.07) is 4.45. The molecule has 1 fully saturated rings. The maximum absolute atomic E-state index is 9.83. The number of allylic oxidation sites excluding steroid dienone is 1. The molecule has 5 rings (SSSR count). The SMILES string of the molecule is C#C.CCCc1c(-c2nc(Cl)cc(OC[C@@H]3CCCN3C)n2)noc1[C@H]1CCCC2=C1C(C#N)C(N)S2. The lowest BCUT2D eigenvalue weighted by Gasteiger charge is -2.25. The molecule has 2 aliphatic heterocycles. The molecule has 2 aromatic rings. The molecule has 0 radical (unpaired) electrons. The second kappa shape index (κ2) is 12.3. The van der Waals surface area contributed by atoms with Crippen molar-refractivity contribution in [3.05, 3.63) is 33.0 Å². The Hall–Kier alpha value is -2.56. The highest BCUT2D eigenvalue weighted by molar-refractivity contribution is 8.03. The Morgan fingerprint density at radius 3 is 2.84 bits per heavy atom. The Morgan fingerprint density at radius 1 is 1.32 bits per heavy atom. The van der Waals surface area contributed by atoms with Gasteiger partial charge in [-0.1, -0.05) is 30.1 Å². The van der Waals surface area contributed by atoms with E-state index < -0.39 is 0 Å². The van der Waals surface area contributed by atoms with Crippen LogP contribution in [0.3, 0.4) is 0 Å². The second-order valence-corrected chi connectivity index (χ2v) is 11.2. The Balaban J connectivity index is 0.00000156. The molecule has 2 aromatic heterocycles. The van der Waals surface area contributed by atoms with Gasteiger partial charge in [0.05, 0.1) is 17.4 Å². The van der Waals surface area contributed by atoms with Crippen molar-refractivity contribution < 1.29 is 9.26 Å². The zero-order valence-electron chi connectivity index (χ0n) is 21.3. The van der Waals surface area contributed by atoms with Crippen LogP contribution in [0.25, 0.3) is 11.5 Å². The molecule has 0 aromatic carbocycles. The molecule has 4 heterocycles. The van der Waals surface area contributed by atoms with Gasteiger partial charge in [0.15, 0.2) is 11.5 Å². The summed E-state index contributed by atoms with van der Waals surface area (Å²) in [7, 11) is 2.12. The Labute approximate surface area is 228 Å². The monoisotopic (exact) mass is 540 g/mol. The lowest BCUT2D eigenvalue weighted by Crippen LogP contribution is -2.30. The molecule has 3 aliphatic rings. The maximum Gasteiger partial charge on any atom is 0.218 e. The van der Waals surface area contributed by atoms with E-state index in [1.807, 2.05) is 0 Å². The molecule has 1 saturated heterocycles. The summed E-state index contributed by atoms with van der Waals surface area (Å²) in [6.07, 6.45) is 14.9. The van der Waals surface area contributed by atoms with Crippen molar-refractivity contribution in [3.8, 4) is 36.3 Å². The van der Waals surface area contributed by atoms with Gasteiger partial charge >= 0.3 is 0 Å². The van der Waals surface area contributed by atoms with Crippen molar-refractivity contribution in [3.63, 3.8) is 0 Å². The van der Waals surface area contributed by atoms with E-state index in [0.29, 0.717) is 35.2 Å². The first kappa shape index (κ1) is 27.5. The Kier molecular flexibility index (Phi) is 9.15. The largest absolute Gasteiger partial charge is 0.476 e. The molecule has 0 spiro atoms. The number of hydrogen-bond donors (Lipinski definition) is 1. The number of likely N-dealkylation sites (tertiary alicyclic amines) is 1. The summed E-state index contributed by atoms with van der Waals surface area (Å²) < 4.78 is 12.0. The minimum absolute atomic E-state index is 0.0000541. The van der Waals surface area contributed by atoms with Crippen LogP contribution >= 0.6 is 23.4 Å². The van der Waals surface area contributed by atoms with E-state index in [-0.39, 0.29) is 17.2 Å². The first-order chi connectivity index (χ1) is 18.0. The fourth-order valence-electron chi connectivity index (χ4n) is 5.51. The van der Waals surface area contributed by atoms with Crippen molar-refractivity contribution in [1.82, 2.24) is 20.0 Å². The van der Waals surface area contributed by atoms with Gasteiger partial charge in [-0.2, -0.15) is 10.2 Å². The number of nitriles is 1. The average molecular weight is 541 g/mol. The van der Waals surface area contributed by atoms with E-state index in [1.54, 1.807) is 17.8 Å². The minimum Gasteiger partial charge on any atom is -0.476 e. The number of likely N-dealkylation sites (N-methyl/N-ethyl adjacent to an activating group) is 1. The molecule has 196 valence electrons. The number of halogens is 1. The van der Waals surface area contributed by atoms with E-state index in [2.05, 4.69) is 52.9 Å². The van der Waals surface area contributed by atoms with E-state index in [9.17, 15) is 5.26 Å². The number of thioether (sulfide) groups is 1. The molecule has 0 amide bonds. The number of terminal acetylenes is 1. The van der Waals surface area contributed by atoms with Gasteiger partial charge in [-0.25, -0.2) is 4.98 Å². The van der Waals surface area contributed by atoms with Gasteiger partial charge in [-0.3, -0.25) is 0 Å². The van der Waals surface area contributed by atoms with Gasteiger partial charge in [0.2, 0.25) is 5.88 Å². The standard InChI is InChI=1S/C25H31ClN6O2S.C2H2/c1-3-6-16-22(25-29-19(26)11-20(30-25)33-13-14-7-5-10-32(14)2)31-34-23(16)15-8-4-9-18-21(15)17(12-27)24(28)35-18;1-2/h11,14-15,17,24H,3-10,13,28H2,1-2H3;1-2H/t14-,15-,17?,24?;/m0./s1. The van der Waals surface area contributed by atoms with Gasteiger partial charge in [0.25, 0.3) is 0 Å². The number of nitrogens with two attached hydrogens (primary N) is 1. The number of rotatable bonds is 7. The second-order valence-electron chi connectivity index (χ2n) is 9.58. The fourth-order valence-corrected chi connectivity index (χ4v) is 7.03. The Morgan fingerprint density at radius 2 is 2.14 bits per heavy atom. The van der Waals surface area contributed by atoms with Crippen LogP contribution in [0.4, 0.5) is 0 Å². The highest BCUT2D eigenvalue weighted by Gasteiger charge is 2.42. The third-order valence-corrected chi connectivity index (χ3v) is 8.75. The number of nitrogens with zero attached hydrogens (tertiary/aromatic N) is 5. The van der Waals surface area contributed by atoms with Crippen molar-refractivity contribution in [2.75, 3.05) is 20.2 Å². The van der Waals surface area contributed by atoms with E-state index >= 15 is 0 Å². The zero-order valence-corrected chi connectivity index (χ0v) is 22.9. The van der Waals surface area contributed by atoms with E-state index in [1.165, 1.54) is 11.3 Å². The van der Waals surface area contributed by atoms with Crippen molar-refractivity contribution >= 4 is 23.4 Å². The molecule has 4 atom stereocenters. The van der Waals surface area contributed by atoms with Crippen LogP contribution in [-0.2, 0) is 6.42 Å². The van der Waals surface area contributed by atoms with Gasteiger partial charge in [-0.05, 0) is 62.6 Å². The number of hydrogen-bond acceptors (Lipinski definition) is 9. The van der Waals surface area contributed by atoms with Crippen LogP contribution in [0.15, 0.2) is 21.1 Å². The number of aromatic nitrogens is 3. The highest BCUT2D eigenvalue weighted by Crippen LogP contribution is 2.53. The molecule has 10 heteroatoms. The first-order valence-corrected chi connectivity index (χ1v) is 14.0. The maximum atomic E-state index is 9.83. The molecule has 2 unspecified atom stereocenters. The van der Waals surface area contributed by atoms with Crippen molar-refractivity contribution in [2.24, 2.45) is 11.7 Å². The summed E-state index contributed by atoms with van der Waals surface area (Å²) in [6.45, 7) is 3.76. The predicted molar refractivity (Wildman–Crippen MR) is 146 cm³/mol. The highest BCUT2D eigenvalue weighted by atomic mass is 35.5. The molecular formula is C27H33ClN6O2S. The smallest absolute Gasteiger partial charge is 0.218 e. The Bertz CT molecular complexity index is 1210. The van der Waals surface area contributed by atoms with Crippen LogP contribution in [0.2, 0.25) is 5.15 Å². The summed E-state index contributed by atoms with van der Waals surface area (Å²) in [4.78, 5) is 12.7. The summed E-state index contributed by atoms with van der Waals surface area (Å²) >= 11 is 8.01. The van der Waals surface area contributed by atoms with Gasteiger partial charge < -0.3 is 19.9 Å². The summed E-state index contributed by atoms with van der Waals surface area (Å²) in [5, 5.41) is 14.3. The van der Waals surface area contributed by atoms with Crippen LogP contribution in [-0.4, -0.2) is 51.6 Å². The summed E-state index contributed by atoms with van der Waals surface area (Å²) in [5.41, 5.74) is 9.00. The van der Waals surface area contributed by atoms with E-state index in [0.717, 1.165) is 62.0 Å². The normalized spacial score (nSPS) is 25.3. The van der Waals surface area contributed by atoms with E-state index in [4.69, 9.17) is 26.6 Å². The minimum atomic E-state index is -0.306. The molecule has 0 saturated carbocycles. The van der Waals surface area contributed by atoms with Crippen LogP contribution in [0, 0.1) is 30.1 Å².